The lowest BCUT2D eigenvalue weighted by Crippen LogP contribution is -2.07. The molecule has 44 heavy (non-hydrogen) atoms. The monoisotopic (exact) mass is 563 g/mol. The summed E-state index contributed by atoms with van der Waals surface area (Å²) in [6.07, 6.45) is 3.01. The summed E-state index contributed by atoms with van der Waals surface area (Å²) in [6.45, 7) is 0.825. The second-order valence-electron chi connectivity index (χ2n) is 11.5. The van der Waals surface area contributed by atoms with Crippen LogP contribution in [0, 0.1) is 0 Å². The number of benzene rings is 6. The van der Waals surface area contributed by atoms with Crippen molar-refractivity contribution in [2.75, 3.05) is 6.54 Å². The summed E-state index contributed by atoms with van der Waals surface area (Å²) >= 11 is 0. The van der Waals surface area contributed by atoms with E-state index in [1.807, 2.05) is 0 Å². The highest BCUT2D eigenvalue weighted by Gasteiger charge is 2.21. The summed E-state index contributed by atoms with van der Waals surface area (Å²) in [5.74, 6) is 0. The van der Waals surface area contributed by atoms with Crippen LogP contribution in [-0.4, -0.2) is 21.9 Å². The van der Waals surface area contributed by atoms with Gasteiger partial charge in [0, 0.05) is 63.5 Å². The number of aromatic nitrogens is 2. The molecular weight excluding hydrogens is 534 g/mol. The van der Waals surface area contributed by atoms with E-state index >= 15 is 0 Å². The molecule has 0 unspecified atom stereocenters. The molecule has 0 aliphatic carbocycles. The zero-order valence-corrected chi connectivity index (χ0v) is 24.2. The molecule has 208 valence electrons. The number of fused-ring (bicyclic) bond motifs is 6. The molecule has 9 rings (SSSR count). The number of aliphatic imine (C=N–C) groups is 1. The van der Waals surface area contributed by atoms with E-state index in [9.17, 15) is 0 Å². The maximum atomic E-state index is 4.65. The highest BCUT2D eigenvalue weighted by atomic mass is 15.0. The average Bonchev–Trinajstić information content (AvgIpc) is 3.62. The molecular formula is C41H29N3. The van der Waals surface area contributed by atoms with Crippen LogP contribution < -0.4 is 0 Å². The van der Waals surface area contributed by atoms with Crippen molar-refractivity contribution in [3.8, 4) is 33.6 Å². The van der Waals surface area contributed by atoms with Gasteiger partial charge in [0.15, 0.2) is 0 Å². The molecule has 3 nitrogen and oxygen atoms in total. The predicted octanol–water partition coefficient (Wildman–Crippen LogP) is 10.0. The van der Waals surface area contributed by atoms with E-state index in [0.717, 1.165) is 18.7 Å². The van der Waals surface area contributed by atoms with Crippen LogP contribution in [0.4, 0.5) is 0 Å². The Kier molecular flexibility index (Phi) is 5.63. The number of hydrogen-bond donors (Lipinski definition) is 0. The molecule has 0 fully saturated rings. The van der Waals surface area contributed by atoms with Crippen molar-refractivity contribution in [1.82, 2.24) is 9.13 Å². The summed E-state index contributed by atoms with van der Waals surface area (Å²) in [5, 5.41) is 3.77. The van der Waals surface area contributed by atoms with Crippen LogP contribution in [0.5, 0.6) is 0 Å². The van der Waals surface area contributed by atoms with Gasteiger partial charge in [0.1, 0.15) is 0 Å². The molecule has 8 aromatic rings. The van der Waals surface area contributed by atoms with Gasteiger partial charge >= 0.3 is 0 Å². The number of nitrogens with zero attached hydrogens (tertiary/aromatic N) is 3. The lowest BCUT2D eigenvalue weighted by molar-refractivity contribution is 0.875. The minimum Gasteiger partial charge on any atom is -0.313 e. The van der Waals surface area contributed by atoms with Gasteiger partial charge in [0.05, 0.1) is 16.6 Å². The quantitative estimate of drug-likeness (QED) is 0.203. The Hall–Kier alpha value is -5.67. The maximum absolute atomic E-state index is 4.65. The molecule has 0 saturated heterocycles. The van der Waals surface area contributed by atoms with Crippen LogP contribution >= 0.6 is 0 Å². The Bertz CT molecular complexity index is 2360. The van der Waals surface area contributed by atoms with Gasteiger partial charge in [-0.3, -0.25) is 4.99 Å². The minimum atomic E-state index is 0.825. The molecule has 0 atom stereocenters. The van der Waals surface area contributed by atoms with Gasteiger partial charge in [-0.25, -0.2) is 0 Å². The van der Waals surface area contributed by atoms with Crippen LogP contribution in [0.1, 0.15) is 11.3 Å². The molecule has 1 aliphatic heterocycles. The smallest absolute Gasteiger partial charge is 0.0619 e. The van der Waals surface area contributed by atoms with Gasteiger partial charge in [0.25, 0.3) is 0 Å². The molecule has 1 aliphatic rings. The lowest BCUT2D eigenvalue weighted by Gasteiger charge is -2.14. The molecule has 0 amide bonds. The van der Waals surface area contributed by atoms with Gasteiger partial charge < -0.3 is 9.13 Å². The minimum absolute atomic E-state index is 0.825. The van der Waals surface area contributed by atoms with Crippen LogP contribution in [-0.2, 0) is 6.42 Å². The first-order valence-corrected chi connectivity index (χ1v) is 15.3. The van der Waals surface area contributed by atoms with Gasteiger partial charge in [-0.2, -0.15) is 0 Å². The SMILES string of the molecule is C1=NCCc2c1c1ccc(-c3cccc4c5ccccc5n(-c5ccc(-c6ccccc6)cc5)c34)cc1n2-c1ccccc1. The first-order valence-electron chi connectivity index (χ1n) is 15.3. The first kappa shape index (κ1) is 24.9. The Morgan fingerprint density at radius 3 is 2.00 bits per heavy atom. The second kappa shape index (κ2) is 9.96. The van der Waals surface area contributed by atoms with Gasteiger partial charge in [-0.05, 0) is 53.1 Å². The van der Waals surface area contributed by atoms with Crippen molar-refractivity contribution in [1.29, 1.82) is 0 Å². The molecule has 3 heteroatoms. The highest BCUT2D eigenvalue weighted by molar-refractivity contribution is 6.14. The zero-order valence-electron chi connectivity index (χ0n) is 24.2. The van der Waals surface area contributed by atoms with Gasteiger partial charge in [-0.15, -0.1) is 0 Å². The summed E-state index contributed by atoms with van der Waals surface area (Å²) in [4.78, 5) is 4.65. The van der Waals surface area contributed by atoms with Gasteiger partial charge in [-0.1, -0.05) is 109 Å². The molecule has 0 N–H and O–H groups in total. The molecule has 0 saturated carbocycles. The fourth-order valence-electron chi connectivity index (χ4n) is 7.08. The van der Waals surface area contributed by atoms with E-state index in [0.29, 0.717) is 0 Å². The average molecular weight is 564 g/mol. The number of rotatable bonds is 4. The normalized spacial score (nSPS) is 12.7. The zero-order chi connectivity index (χ0) is 29.0. The topological polar surface area (TPSA) is 22.2 Å². The molecule has 0 spiro atoms. The Balaban J connectivity index is 1.30. The van der Waals surface area contributed by atoms with Gasteiger partial charge in [0.2, 0.25) is 0 Å². The summed E-state index contributed by atoms with van der Waals surface area (Å²) in [5.41, 5.74) is 13.5. The van der Waals surface area contributed by atoms with E-state index in [4.69, 9.17) is 0 Å². The van der Waals surface area contributed by atoms with Crippen molar-refractivity contribution in [2.45, 2.75) is 6.42 Å². The van der Waals surface area contributed by atoms with Crippen LogP contribution in [0.15, 0.2) is 151 Å². The Labute approximate surface area is 256 Å². The molecule has 0 radical (unpaired) electrons. The molecule has 6 aromatic carbocycles. The van der Waals surface area contributed by atoms with Crippen molar-refractivity contribution in [3.63, 3.8) is 0 Å². The van der Waals surface area contributed by atoms with Crippen molar-refractivity contribution < 1.29 is 0 Å². The number of hydrogen-bond acceptors (Lipinski definition) is 1. The number of para-hydroxylation sites is 3. The van der Waals surface area contributed by atoms with E-state index in [1.165, 1.54) is 71.9 Å². The van der Waals surface area contributed by atoms with Crippen LogP contribution in [0.3, 0.4) is 0 Å². The summed E-state index contributed by atoms with van der Waals surface area (Å²) < 4.78 is 4.88. The van der Waals surface area contributed by atoms with Crippen molar-refractivity contribution >= 4 is 38.9 Å². The van der Waals surface area contributed by atoms with E-state index in [1.54, 1.807) is 0 Å². The highest BCUT2D eigenvalue weighted by Crippen LogP contribution is 2.40. The predicted molar refractivity (Wildman–Crippen MR) is 185 cm³/mol. The summed E-state index contributed by atoms with van der Waals surface area (Å²) in [6, 6.07) is 52.7. The molecule has 2 aromatic heterocycles. The molecule has 3 heterocycles. The largest absolute Gasteiger partial charge is 0.313 e. The third kappa shape index (κ3) is 3.79. The van der Waals surface area contributed by atoms with Crippen molar-refractivity contribution in [3.05, 3.63) is 157 Å². The standard InChI is InChI=1S/C41H29N3/c1-3-10-28(11-4-1)29-18-21-32(22-19-29)44-38-17-8-7-14-34(38)36-16-9-15-33(41(36)44)30-20-23-35-37-27-42-25-24-39(37)43(40(35)26-30)31-12-5-2-6-13-31/h1-23,26-27H,24-25H2. The Morgan fingerprint density at radius 2 is 1.16 bits per heavy atom. The van der Waals surface area contributed by atoms with Crippen LogP contribution in [0.25, 0.3) is 66.3 Å². The fourth-order valence-corrected chi connectivity index (χ4v) is 7.08. The summed E-state index contributed by atoms with van der Waals surface area (Å²) in [7, 11) is 0. The fraction of sp³-hybridized carbons (Fsp3) is 0.0488. The van der Waals surface area contributed by atoms with Crippen LogP contribution in [0.2, 0.25) is 0 Å². The lowest BCUT2D eigenvalue weighted by atomic mass is 9.99. The van der Waals surface area contributed by atoms with E-state index in [2.05, 4.69) is 166 Å². The maximum Gasteiger partial charge on any atom is 0.0619 e. The first-order chi connectivity index (χ1) is 21.8. The van der Waals surface area contributed by atoms with Crippen molar-refractivity contribution in [2.24, 2.45) is 4.99 Å². The third-order valence-corrected chi connectivity index (χ3v) is 9.06. The molecule has 0 bridgehead atoms. The van der Waals surface area contributed by atoms with E-state index < -0.39 is 0 Å². The second-order valence-corrected chi connectivity index (χ2v) is 11.5. The van der Waals surface area contributed by atoms with E-state index in [-0.39, 0.29) is 0 Å². The Morgan fingerprint density at radius 1 is 0.477 bits per heavy atom. The third-order valence-electron chi connectivity index (χ3n) is 9.06.